The zero-order chi connectivity index (χ0) is 30.7. The second-order valence-corrected chi connectivity index (χ2v) is 12.6. The van der Waals surface area contributed by atoms with Gasteiger partial charge in [-0.25, -0.2) is 22.2 Å². The van der Waals surface area contributed by atoms with E-state index in [-0.39, 0.29) is 34.2 Å². The van der Waals surface area contributed by atoms with E-state index in [1.165, 1.54) is 56.4 Å². The molecule has 3 aromatic carbocycles. The van der Waals surface area contributed by atoms with Gasteiger partial charge < -0.3 is 14.3 Å². The zero-order valence-corrected chi connectivity index (χ0v) is 24.6. The van der Waals surface area contributed by atoms with Crippen molar-refractivity contribution >= 4 is 43.5 Å². The molecule has 0 atom stereocenters. The van der Waals surface area contributed by atoms with Gasteiger partial charge in [0.2, 0.25) is 10.0 Å². The molecule has 0 saturated heterocycles. The number of anilines is 1. The maximum atomic E-state index is 14.0. The quantitative estimate of drug-likeness (QED) is 0.217. The van der Waals surface area contributed by atoms with E-state index in [9.17, 15) is 22.0 Å². The number of halogens is 2. The minimum Gasteiger partial charge on any atom is -0.455 e. The predicted octanol–water partition coefficient (Wildman–Crippen LogP) is 6.74. The van der Waals surface area contributed by atoms with Crippen LogP contribution in [0.2, 0.25) is 0 Å². The van der Waals surface area contributed by atoms with Crippen LogP contribution in [0.25, 0.3) is 55.8 Å². The molecule has 4 heterocycles. The third-order valence-electron chi connectivity index (χ3n) is 8.00. The number of fused-ring (bicyclic) bond motifs is 6. The van der Waals surface area contributed by atoms with Crippen molar-refractivity contribution in [3.8, 4) is 34.0 Å². The molecule has 1 aliphatic heterocycles. The summed E-state index contributed by atoms with van der Waals surface area (Å²) in [6, 6.07) is 19.2. The lowest BCUT2D eigenvalue weighted by Crippen LogP contribution is -2.18. The van der Waals surface area contributed by atoms with Gasteiger partial charge in [-0.15, -0.1) is 0 Å². The van der Waals surface area contributed by atoms with Gasteiger partial charge in [-0.05, 0) is 79.6 Å². The number of aryl methyl sites for hydroxylation is 2. The van der Waals surface area contributed by atoms with Gasteiger partial charge in [-0.1, -0.05) is 6.07 Å². The van der Waals surface area contributed by atoms with Crippen LogP contribution in [0.1, 0.15) is 22.8 Å². The Hall–Kier alpha value is -5.03. The Balaban J connectivity index is 1.47. The van der Waals surface area contributed by atoms with E-state index in [1.54, 1.807) is 12.1 Å². The number of hydrogen-bond acceptors (Lipinski definition) is 5. The molecule has 1 aliphatic rings. The molecule has 6 aromatic rings. The summed E-state index contributed by atoms with van der Waals surface area (Å²) in [4.78, 5) is 18.2. The fourth-order valence-electron chi connectivity index (χ4n) is 5.81. The monoisotopic (exact) mass is 612 g/mol. The van der Waals surface area contributed by atoms with E-state index in [0.29, 0.717) is 40.9 Å². The molecule has 0 unspecified atom stereocenters. The highest BCUT2D eigenvalue weighted by molar-refractivity contribution is 7.92. The Bertz CT molecular complexity index is 2240. The fourth-order valence-corrected chi connectivity index (χ4v) is 6.45. The van der Waals surface area contributed by atoms with Gasteiger partial charge in [0.1, 0.15) is 23.0 Å². The molecule has 222 valence electrons. The van der Waals surface area contributed by atoms with Gasteiger partial charge >= 0.3 is 0 Å². The van der Waals surface area contributed by atoms with Crippen LogP contribution in [-0.2, 0) is 23.0 Å². The van der Waals surface area contributed by atoms with E-state index < -0.39 is 21.7 Å². The Morgan fingerprint density at radius 1 is 1.00 bits per heavy atom. The molecule has 0 radical (unpaired) electrons. The van der Waals surface area contributed by atoms with Crippen LogP contribution in [0.15, 0.2) is 77.2 Å². The first-order valence-corrected chi connectivity index (χ1v) is 15.7. The summed E-state index contributed by atoms with van der Waals surface area (Å²) >= 11 is 0. The molecule has 0 aliphatic carbocycles. The molecule has 44 heavy (non-hydrogen) atoms. The molecular weight excluding hydrogens is 586 g/mol. The molecule has 8 nitrogen and oxygen atoms in total. The Kier molecular flexibility index (Phi) is 6.51. The molecular formula is C33H26F2N4O4S. The number of sulfonamides is 1. The van der Waals surface area contributed by atoms with Crippen LogP contribution in [0, 0.1) is 11.6 Å². The molecule has 0 bridgehead atoms. The number of benzene rings is 3. The van der Waals surface area contributed by atoms with Crippen molar-refractivity contribution in [2.45, 2.75) is 19.9 Å². The first-order chi connectivity index (χ1) is 21.2. The largest absolute Gasteiger partial charge is 0.455 e. The standard InChI is InChI=1S/C33H26F2N4O4S/c1-3-44(41,42)38-26-17-29-24(30(33(40)36-2)32(43-29)19-4-7-21(34)8-5-19)16-23(26)25-10-6-18-12-13-39-27-11-9-22(35)14-20(27)15-28(39)31(18)37-25/h4-11,14-17,38H,3,12-13H2,1-2H3,(H,36,40). The van der Waals surface area contributed by atoms with Gasteiger partial charge in [0.25, 0.3) is 5.91 Å². The second-order valence-electron chi connectivity index (χ2n) is 10.6. The molecule has 11 heteroatoms. The second kappa shape index (κ2) is 10.3. The molecule has 7 rings (SSSR count). The third kappa shape index (κ3) is 4.60. The molecule has 0 spiro atoms. The summed E-state index contributed by atoms with van der Waals surface area (Å²) in [5.74, 6) is -1.13. The summed E-state index contributed by atoms with van der Waals surface area (Å²) in [6.45, 7) is 2.24. The van der Waals surface area contributed by atoms with Crippen LogP contribution in [0.3, 0.4) is 0 Å². The summed E-state index contributed by atoms with van der Waals surface area (Å²) in [5, 5.41) is 3.84. The maximum Gasteiger partial charge on any atom is 0.255 e. The number of furan rings is 1. The van der Waals surface area contributed by atoms with E-state index >= 15 is 0 Å². The number of hydrogen-bond donors (Lipinski definition) is 2. The maximum absolute atomic E-state index is 14.0. The normalized spacial score (nSPS) is 12.7. The van der Waals surface area contributed by atoms with E-state index in [0.717, 1.165) is 22.2 Å². The van der Waals surface area contributed by atoms with Gasteiger partial charge in [-0.2, -0.15) is 0 Å². The molecule has 1 amide bonds. The molecule has 0 fully saturated rings. The van der Waals surface area contributed by atoms with Crippen molar-refractivity contribution in [2.24, 2.45) is 0 Å². The van der Waals surface area contributed by atoms with Gasteiger partial charge in [-0.3, -0.25) is 9.52 Å². The van der Waals surface area contributed by atoms with Crippen molar-refractivity contribution in [3.63, 3.8) is 0 Å². The van der Waals surface area contributed by atoms with Crippen LogP contribution in [0.4, 0.5) is 14.5 Å². The average molecular weight is 613 g/mol. The number of carbonyl (C=O) groups is 1. The smallest absolute Gasteiger partial charge is 0.255 e. The van der Waals surface area contributed by atoms with Gasteiger partial charge in [0, 0.05) is 47.1 Å². The minimum absolute atomic E-state index is 0.165. The van der Waals surface area contributed by atoms with Crippen molar-refractivity contribution in [3.05, 3.63) is 95.6 Å². The minimum atomic E-state index is -3.72. The first-order valence-electron chi connectivity index (χ1n) is 14.0. The summed E-state index contributed by atoms with van der Waals surface area (Å²) in [6.07, 6.45) is 0.717. The van der Waals surface area contributed by atoms with Crippen molar-refractivity contribution in [2.75, 3.05) is 17.5 Å². The fraction of sp³-hybridized carbons (Fsp3) is 0.152. The van der Waals surface area contributed by atoms with Gasteiger partial charge in [0.15, 0.2) is 0 Å². The molecule has 2 N–H and O–H groups in total. The SMILES string of the molecule is CCS(=O)(=O)Nc1cc2oc(-c3ccc(F)cc3)c(C(=O)NC)c2cc1-c1ccc2c(n1)-c1cc3cc(F)ccc3n1CC2. The van der Waals surface area contributed by atoms with E-state index in [4.69, 9.17) is 9.40 Å². The third-order valence-corrected chi connectivity index (χ3v) is 9.29. The van der Waals surface area contributed by atoms with Crippen LogP contribution >= 0.6 is 0 Å². The highest BCUT2D eigenvalue weighted by Crippen LogP contribution is 2.41. The number of aromatic nitrogens is 2. The first kappa shape index (κ1) is 27.8. The van der Waals surface area contributed by atoms with E-state index in [2.05, 4.69) is 14.6 Å². The topological polar surface area (TPSA) is 106 Å². The lowest BCUT2D eigenvalue weighted by molar-refractivity contribution is 0.0964. The lowest BCUT2D eigenvalue weighted by atomic mass is 9.99. The van der Waals surface area contributed by atoms with Crippen molar-refractivity contribution in [1.29, 1.82) is 0 Å². The highest BCUT2D eigenvalue weighted by Gasteiger charge is 2.26. The van der Waals surface area contributed by atoms with Crippen LogP contribution < -0.4 is 10.0 Å². The summed E-state index contributed by atoms with van der Waals surface area (Å²) in [5.41, 5.74) is 5.56. The Labute approximate surface area is 251 Å². The number of nitrogens with zero attached hydrogens (tertiary/aromatic N) is 2. The number of pyridine rings is 1. The van der Waals surface area contributed by atoms with Crippen molar-refractivity contribution < 1.29 is 26.4 Å². The number of nitrogens with one attached hydrogen (secondary N) is 2. The number of rotatable bonds is 6. The summed E-state index contributed by atoms with van der Waals surface area (Å²) in [7, 11) is -2.22. The van der Waals surface area contributed by atoms with Crippen LogP contribution in [0.5, 0.6) is 0 Å². The molecule has 0 saturated carbocycles. The van der Waals surface area contributed by atoms with E-state index in [1.807, 2.05) is 18.2 Å². The van der Waals surface area contributed by atoms with Crippen LogP contribution in [-0.4, -0.2) is 36.7 Å². The number of carbonyl (C=O) groups excluding carboxylic acids is 1. The lowest BCUT2D eigenvalue weighted by Gasteiger charge is -2.20. The Morgan fingerprint density at radius 2 is 1.77 bits per heavy atom. The molecule has 3 aromatic heterocycles. The van der Waals surface area contributed by atoms with Gasteiger partial charge in [0.05, 0.1) is 34.1 Å². The number of amides is 1. The Morgan fingerprint density at radius 3 is 2.52 bits per heavy atom. The zero-order valence-electron chi connectivity index (χ0n) is 23.7. The predicted molar refractivity (Wildman–Crippen MR) is 166 cm³/mol. The average Bonchev–Trinajstić information content (AvgIpc) is 3.58. The van der Waals surface area contributed by atoms with Crippen molar-refractivity contribution in [1.82, 2.24) is 14.9 Å². The summed E-state index contributed by atoms with van der Waals surface area (Å²) < 4.78 is 64.2. The highest BCUT2D eigenvalue weighted by atomic mass is 32.2.